The number of hydrogen-bond donors (Lipinski definition) is 0. The molecular formula is C18H23Cl2F3N2O4S. The van der Waals surface area contributed by atoms with Crippen molar-refractivity contribution in [3.63, 3.8) is 0 Å². The van der Waals surface area contributed by atoms with Crippen molar-refractivity contribution in [1.29, 1.82) is 0 Å². The molecule has 170 valence electrons. The summed E-state index contributed by atoms with van der Waals surface area (Å²) in [5.41, 5.74) is 0. The molecular weight excluding hydrogens is 468 g/mol. The molecule has 1 aliphatic rings. The van der Waals surface area contributed by atoms with Gasteiger partial charge in [-0.3, -0.25) is 4.79 Å². The molecule has 0 unspecified atom stereocenters. The van der Waals surface area contributed by atoms with Crippen LogP contribution < -0.4 is 0 Å². The number of amides is 1. The van der Waals surface area contributed by atoms with E-state index < -0.39 is 40.6 Å². The van der Waals surface area contributed by atoms with E-state index in [9.17, 15) is 26.4 Å². The molecule has 1 aliphatic heterocycles. The van der Waals surface area contributed by atoms with E-state index in [1.54, 1.807) is 0 Å². The molecule has 12 heteroatoms. The van der Waals surface area contributed by atoms with Crippen molar-refractivity contribution in [2.45, 2.75) is 36.9 Å². The second-order valence-electron chi connectivity index (χ2n) is 7.14. The Morgan fingerprint density at radius 1 is 1.30 bits per heavy atom. The van der Waals surface area contributed by atoms with Crippen molar-refractivity contribution in [2.24, 2.45) is 5.92 Å². The zero-order valence-corrected chi connectivity index (χ0v) is 18.8. The Kier molecular flexibility index (Phi) is 8.43. The van der Waals surface area contributed by atoms with Crippen LogP contribution in [-0.4, -0.2) is 69.1 Å². The number of piperidine rings is 1. The summed E-state index contributed by atoms with van der Waals surface area (Å²) in [6.45, 7) is 0.0311. The third kappa shape index (κ3) is 6.23. The third-order valence-electron chi connectivity index (χ3n) is 4.89. The second-order valence-corrected chi connectivity index (χ2v) is 9.89. The normalized spacial score (nSPS) is 17.7. The van der Waals surface area contributed by atoms with Gasteiger partial charge in [-0.05, 0) is 38.0 Å². The van der Waals surface area contributed by atoms with Crippen molar-refractivity contribution in [2.75, 3.05) is 33.4 Å². The average Bonchev–Trinajstić information content (AvgIpc) is 2.67. The van der Waals surface area contributed by atoms with E-state index in [0.717, 1.165) is 4.90 Å². The number of sulfonamides is 1. The Balaban J connectivity index is 2.12. The van der Waals surface area contributed by atoms with Gasteiger partial charge < -0.3 is 9.64 Å². The lowest BCUT2D eigenvalue weighted by Crippen LogP contribution is -2.51. The van der Waals surface area contributed by atoms with Crippen LogP contribution in [0.2, 0.25) is 10.0 Å². The first-order chi connectivity index (χ1) is 13.9. The molecule has 1 atom stereocenters. The summed E-state index contributed by atoms with van der Waals surface area (Å²) in [4.78, 5) is 13.4. The zero-order valence-electron chi connectivity index (χ0n) is 16.5. The van der Waals surface area contributed by atoms with Gasteiger partial charge in [0.15, 0.2) is 0 Å². The summed E-state index contributed by atoms with van der Waals surface area (Å²) >= 11 is 11.9. The minimum atomic E-state index is -4.55. The maximum atomic E-state index is 13.0. The highest BCUT2D eigenvalue weighted by molar-refractivity contribution is 7.89. The van der Waals surface area contributed by atoms with Gasteiger partial charge in [0.1, 0.15) is 11.4 Å². The summed E-state index contributed by atoms with van der Waals surface area (Å²) < 4.78 is 70.7. The van der Waals surface area contributed by atoms with Gasteiger partial charge in [-0.1, -0.05) is 23.2 Å². The van der Waals surface area contributed by atoms with Crippen molar-refractivity contribution < 1.29 is 31.1 Å². The molecule has 1 aromatic rings. The predicted molar refractivity (Wildman–Crippen MR) is 107 cm³/mol. The van der Waals surface area contributed by atoms with Crippen molar-refractivity contribution >= 4 is 39.1 Å². The van der Waals surface area contributed by atoms with Crippen LogP contribution in [0.4, 0.5) is 13.2 Å². The fraction of sp³-hybridized carbons (Fsp3) is 0.611. The fourth-order valence-electron chi connectivity index (χ4n) is 3.37. The molecule has 1 fully saturated rings. The van der Waals surface area contributed by atoms with Gasteiger partial charge in [0.2, 0.25) is 15.9 Å². The number of nitrogens with zero attached hydrogens (tertiary/aromatic N) is 2. The van der Waals surface area contributed by atoms with Gasteiger partial charge in [0, 0.05) is 31.1 Å². The standard InChI is InChI=1S/C18H23Cl2F3N2O4S/c1-12(10-29-2)25(11-18(21,22)23)17(26)13-5-7-24(8-6-13)30(27,28)16-9-14(19)3-4-15(16)20/h3-4,9,12-13H,5-8,10-11H2,1-2H3/t12-/m0/s1. The molecule has 30 heavy (non-hydrogen) atoms. The molecule has 1 amide bonds. The summed E-state index contributed by atoms with van der Waals surface area (Å²) in [5.74, 6) is -1.37. The van der Waals surface area contributed by atoms with Gasteiger partial charge in [0.25, 0.3) is 0 Å². The van der Waals surface area contributed by atoms with Gasteiger partial charge in [-0.25, -0.2) is 8.42 Å². The third-order valence-corrected chi connectivity index (χ3v) is 7.50. The van der Waals surface area contributed by atoms with E-state index in [1.165, 1.54) is 36.5 Å². The maximum absolute atomic E-state index is 13.0. The van der Waals surface area contributed by atoms with Crippen LogP contribution in [-0.2, 0) is 19.6 Å². The lowest BCUT2D eigenvalue weighted by atomic mass is 9.96. The molecule has 0 N–H and O–H groups in total. The van der Waals surface area contributed by atoms with Crippen LogP contribution in [0.3, 0.4) is 0 Å². The molecule has 1 saturated heterocycles. The van der Waals surface area contributed by atoms with Gasteiger partial charge >= 0.3 is 6.18 Å². The molecule has 1 aromatic carbocycles. The maximum Gasteiger partial charge on any atom is 0.406 e. The number of halogens is 5. The summed E-state index contributed by atoms with van der Waals surface area (Å²) in [6.07, 6.45) is -4.35. The highest BCUT2D eigenvalue weighted by Crippen LogP contribution is 2.31. The molecule has 6 nitrogen and oxygen atoms in total. The van der Waals surface area contributed by atoms with Gasteiger partial charge in [-0.15, -0.1) is 0 Å². The number of hydrogen-bond acceptors (Lipinski definition) is 4. The average molecular weight is 491 g/mol. The first-order valence-electron chi connectivity index (χ1n) is 9.18. The highest BCUT2D eigenvalue weighted by atomic mass is 35.5. The summed E-state index contributed by atoms with van der Waals surface area (Å²) in [5, 5.41) is 0.223. The number of carbonyl (C=O) groups excluding carboxylic acids is 1. The topological polar surface area (TPSA) is 66.9 Å². The monoisotopic (exact) mass is 490 g/mol. The van der Waals surface area contributed by atoms with E-state index in [4.69, 9.17) is 27.9 Å². The Labute approximate surface area is 183 Å². The number of rotatable bonds is 7. The molecule has 2 rings (SSSR count). The van der Waals surface area contributed by atoms with Crippen LogP contribution in [0.15, 0.2) is 23.1 Å². The van der Waals surface area contributed by atoms with Gasteiger partial charge in [-0.2, -0.15) is 17.5 Å². The van der Waals surface area contributed by atoms with Gasteiger partial charge in [0.05, 0.1) is 17.7 Å². The number of carbonyl (C=O) groups is 1. The first-order valence-corrected chi connectivity index (χ1v) is 11.4. The van der Waals surface area contributed by atoms with Crippen molar-refractivity contribution in [1.82, 2.24) is 9.21 Å². The minimum absolute atomic E-state index is 0.0138. The predicted octanol–water partition coefficient (Wildman–Crippen LogP) is 3.82. The van der Waals surface area contributed by atoms with E-state index in [1.807, 2.05) is 0 Å². The van der Waals surface area contributed by atoms with Crippen LogP contribution >= 0.6 is 23.2 Å². The number of ether oxygens (including phenoxy) is 1. The van der Waals surface area contributed by atoms with Crippen molar-refractivity contribution in [3.8, 4) is 0 Å². The second kappa shape index (κ2) is 10.0. The molecule has 0 bridgehead atoms. The van der Waals surface area contributed by atoms with Crippen molar-refractivity contribution in [3.05, 3.63) is 28.2 Å². The lowest BCUT2D eigenvalue weighted by molar-refractivity contribution is -0.170. The number of alkyl halides is 3. The molecule has 0 spiro atoms. The molecule has 0 radical (unpaired) electrons. The zero-order chi connectivity index (χ0) is 22.7. The SMILES string of the molecule is COC[C@H](C)N(CC(F)(F)F)C(=O)C1CCN(S(=O)(=O)c2cc(Cl)ccc2Cl)CC1. The molecule has 0 aromatic heterocycles. The Morgan fingerprint density at radius 3 is 2.43 bits per heavy atom. The first kappa shape index (κ1) is 25.2. The van der Waals surface area contributed by atoms with E-state index in [0.29, 0.717) is 0 Å². The number of benzene rings is 1. The lowest BCUT2D eigenvalue weighted by Gasteiger charge is -2.36. The molecule has 0 aliphatic carbocycles. The Bertz CT molecular complexity index is 859. The Morgan fingerprint density at radius 2 is 1.90 bits per heavy atom. The quantitative estimate of drug-likeness (QED) is 0.582. The van der Waals surface area contributed by atoms with Crippen LogP contribution in [0.25, 0.3) is 0 Å². The minimum Gasteiger partial charge on any atom is -0.383 e. The molecule has 0 saturated carbocycles. The molecule has 1 heterocycles. The summed E-state index contributed by atoms with van der Waals surface area (Å²) in [6, 6.07) is 3.31. The fourth-order valence-corrected chi connectivity index (χ4v) is 5.57. The Hall–Kier alpha value is -1.07. The van der Waals surface area contributed by atoms with E-state index in [-0.39, 0.29) is 47.5 Å². The van der Waals surface area contributed by atoms with E-state index in [2.05, 4.69) is 0 Å². The van der Waals surface area contributed by atoms with Crippen LogP contribution in [0, 0.1) is 5.92 Å². The van der Waals surface area contributed by atoms with E-state index >= 15 is 0 Å². The number of methoxy groups -OCH3 is 1. The smallest absolute Gasteiger partial charge is 0.383 e. The van der Waals surface area contributed by atoms with Crippen LogP contribution in [0.5, 0.6) is 0 Å². The largest absolute Gasteiger partial charge is 0.406 e. The summed E-state index contributed by atoms with van der Waals surface area (Å²) in [7, 11) is -2.60. The highest BCUT2D eigenvalue weighted by Gasteiger charge is 2.40. The van der Waals surface area contributed by atoms with Crippen LogP contribution in [0.1, 0.15) is 19.8 Å².